The molecule has 120 valence electrons. The largest absolute Gasteiger partial charge is 0.497 e. The molecule has 1 aliphatic rings. The van der Waals surface area contributed by atoms with Gasteiger partial charge in [0.15, 0.2) is 0 Å². The minimum Gasteiger partial charge on any atom is -0.497 e. The van der Waals surface area contributed by atoms with Crippen LogP contribution in [0.2, 0.25) is 0 Å². The predicted molar refractivity (Wildman–Crippen MR) is 88.5 cm³/mol. The highest BCUT2D eigenvalue weighted by atomic mass is 35.5. The van der Waals surface area contributed by atoms with E-state index >= 15 is 0 Å². The molecule has 0 saturated carbocycles. The smallest absolute Gasteiger partial charge is 0.127 e. The molecule has 0 aliphatic carbocycles. The van der Waals surface area contributed by atoms with Gasteiger partial charge in [-0.1, -0.05) is 12.5 Å². The topological polar surface area (TPSA) is 47.7 Å². The molecule has 1 saturated heterocycles. The van der Waals surface area contributed by atoms with Crippen molar-refractivity contribution in [1.82, 2.24) is 4.90 Å². The first-order valence-corrected chi connectivity index (χ1v) is 7.36. The molecule has 1 heterocycles. The van der Waals surface area contributed by atoms with Crippen molar-refractivity contribution in [3.05, 3.63) is 23.8 Å². The number of piperidine rings is 1. The zero-order valence-electron chi connectivity index (χ0n) is 13.2. The second-order valence-electron chi connectivity index (χ2n) is 5.57. The Balaban J connectivity index is 0.00000220. The van der Waals surface area contributed by atoms with Crippen LogP contribution in [-0.4, -0.2) is 37.7 Å². The summed E-state index contributed by atoms with van der Waals surface area (Å²) < 4.78 is 10.7. The van der Waals surface area contributed by atoms with Gasteiger partial charge in [0.05, 0.1) is 14.2 Å². The lowest BCUT2D eigenvalue weighted by Crippen LogP contribution is -2.48. The van der Waals surface area contributed by atoms with Crippen molar-refractivity contribution in [3.8, 4) is 11.5 Å². The number of nitrogens with zero attached hydrogens (tertiary/aromatic N) is 1. The highest BCUT2D eigenvalue weighted by molar-refractivity contribution is 5.85. The number of rotatable bonds is 5. The summed E-state index contributed by atoms with van der Waals surface area (Å²) in [7, 11) is 3.38. The van der Waals surface area contributed by atoms with Crippen LogP contribution in [0.5, 0.6) is 11.5 Å². The molecule has 1 aliphatic heterocycles. The van der Waals surface area contributed by atoms with Crippen molar-refractivity contribution in [2.75, 3.05) is 20.8 Å². The molecule has 2 atom stereocenters. The molecule has 0 radical (unpaired) electrons. The number of hydrogen-bond donors (Lipinski definition) is 1. The third-order valence-corrected chi connectivity index (χ3v) is 4.14. The van der Waals surface area contributed by atoms with Gasteiger partial charge >= 0.3 is 0 Å². The molecule has 5 heteroatoms. The van der Waals surface area contributed by atoms with Crippen LogP contribution < -0.4 is 15.2 Å². The maximum absolute atomic E-state index is 6.13. The number of hydrogen-bond acceptors (Lipinski definition) is 4. The zero-order valence-corrected chi connectivity index (χ0v) is 14.0. The van der Waals surface area contributed by atoms with Crippen LogP contribution in [0, 0.1) is 0 Å². The van der Waals surface area contributed by atoms with E-state index in [1.54, 1.807) is 14.2 Å². The molecular weight excluding hydrogens is 288 g/mol. The first-order chi connectivity index (χ1) is 9.65. The van der Waals surface area contributed by atoms with Gasteiger partial charge < -0.3 is 15.2 Å². The number of ether oxygens (including phenoxy) is 2. The Morgan fingerprint density at radius 1 is 1.29 bits per heavy atom. The van der Waals surface area contributed by atoms with Gasteiger partial charge in [0.1, 0.15) is 11.5 Å². The van der Waals surface area contributed by atoms with E-state index in [-0.39, 0.29) is 18.4 Å². The summed E-state index contributed by atoms with van der Waals surface area (Å²) in [5, 5.41) is 0. The van der Waals surface area contributed by atoms with E-state index in [4.69, 9.17) is 15.2 Å². The second-order valence-corrected chi connectivity index (χ2v) is 5.57. The molecule has 2 unspecified atom stereocenters. The maximum atomic E-state index is 6.13. The van der Waals surface area contributed by atoms with Gasteiger partial charge in [0, 0.05) is 30.3 Å². The first kappa shape index (κ1) is 18.1. The maximum Gasteiger partial charge on any atom is 0.127 e. The Bertz CT molecular complexity index is 440. The van der Waals surface area contributed by atoms with Gasteiger partial charge in [-0.3, -0.25) is 4.90 Å². The fraction of sp³-hybridized carbons (Fsp3) is 0.625. The summed E-state index contributed by atoms with van der Waals surface area (Å²) in [6.07, 6.45) is 3.72. The molecule has 0 bridgehead atoms. The summed E-state index contributed by atoms with van der Waals surface area (Å²) in [6, 6.07) is 6.70. The fourth-order valence-corrected chi connectivity index (χ4v) is 3.01. The number of nitrogens with two attached hydrogens (primary N) is 1. The van der Waals surface area contributed by atoms with Crippen molar-refractivity contribution < 1.29 is 9.47 Å². The summed E-state index contributed by atoms with van der Waals surface area (Å²) in [4.78, 5) is 2.48. The molecule has 4 nitrogen and oxygen atoms in total. The Labute approximate surface area is 134 Å². The summed E-state index contributed by atoms with van der Waals surface area (Å²) >= 11 is 0. The minimum absolute atomic E-state index is 0. The van der Waals surface area contributed by atoms with E-state index in [1.165, 1.54) is 24.8 Å². The van der Waals surface area contributed by atoms with Gasteiger partial charge in [-0.25, -0.2) is 0 Å². The summed E-state index contributed by atoms with van der Waals surface area (Å²) in [6.45, 7) is 4.11. The van der Waals surface area contributed by atoms with Crippen molar-refractivity contribution in [2.24, 2.45) is 5.73 Å². The van der Waals surface area contributed by atoms with Crippen LogP contribution in [0.4, 0.5) is 0 Å². The lowest BCUT2D eigenvalue weighted by Gasteiger charge is -2.38. The monoisotopic (exact) mass is 314 g/mol. The van der Waals surface area contributed by atoms with Crippen molar-refractivity contribution >= 4 is 12.4 Å². The molecule has 0 amide bonds. The molecule has 0 aromatic heterocycles. The van der Waals surface area contributed by atoms with Crippen LogP contribution in [0.3, 0.4) is 0 Å². The predicted octanol–water partition coefficient (Wildman–Crippen LogP) is 2.83. The lowest BCUT2D eigenvalue weighted by atomic mass is 9.96. The molecule has 1 aromatic rings. The number of likely N-dealkylation sites (tertiary alicyclic amines) is 1. The van der Waals surface area contributed by atoms with Crippen LogP contribution >= 0.6 is 12.4 Å². The van der Waals surface area contributed by atoms with E-state index < -0.39 is 0 Å². The molecule has 2 rings (SSSR count). The average molecular weight is 315 g/mol. The SMILES string of the molecule is COc1ccc(CN2CCCCC2C(C)N)c(OC)c1.Cl. The summed E-state index contributed by atoms with van der Waals surface area (Å²) in [5.74, 6) is 1.71. The van der Waals surface area contributed by atoms with Crippen LogP contribution in [-0.2, 0) is 6.54 Å². The Kier molecular flexibility index (Phi) is 7.29. The van der Waals surface area contributed by atoms with E-state index in [0.29, 0.717) is 6.04 Å². The van der Waals surface area contributed by atoms with Gasteiger partial charge in [0.25, 0.3) is 0 Å². The number of halogens is 1. The van der Waals surface area contributed by atoms with E-state index in [1.807, 2.05) is 12.1 Å². The minimum atomic E-state index is 0. The van der Waals surface area contributed by atoms with E-state index in [9.17, 15) is 0 Å². The van der Waals surface area contributed by atoms with Crippen molar-refractivity contribution in [1.29, 1.82) is 0 Å². The fourth-order valence-electron chi connectivity index (χ4n) is 3.01. The van der Waals surface area contributed by atoms with Crippen molar-refractivity contribution in [2.45, 2.75) is 44.8 Å². The van der Waals surface area contributed by atoms with Gasteiger partial charge in [-0.05, 0) is 32.4 Å². The van der Waals surface area contributed by atoms with Crippen LogP contribution in [0.25, 0.3) is 0 Å². The molecule has 21 heavy (non-hydrogen) atoms. The lowest BCUT2D eigenvalue weighted by molar-refractivity contribution is 0.122. The quantitative estimate of drug-likeness (QED) is 0.908. The van der Waals surface area contributed by atoms with Crippen LogP contribution in [0.1, 0.15) is 31.7 Å². The third kappa shape index (κ3) is 4.50. The number of benzene rings is 1. The second kappa shape index (κ2) is 8.47. The summed E-state index contributed by atoms with van der Waals surface area (Å²) in [5.41, 5.74) is 7.33. The average Bonchev–Trinajstić information content (AvgIpc) is 2.48. The Morgan fingerprint density at radius 2 is 2.05 bits per heavy atom. The van der Waals surface area contributed by atoms with E-state index in [0.717, 1.165) is 24.6 Å². The molecule has 2 N–H and O–H groups in total. The normalized spacial score (nSPS) is 20.5. The highest BCUT2D eigenvalue weighted by Crippen LogP contribution is 2.28. The standard InChI is InChI=1S/C16H26N2O2.ClH/c1-12(17)15-6-4-5-9-18(15)11-13-7-8-14(19-2)10-16(13)20-3;/h7-8,10,12,15H,4-6,9,11,17H2,1-3H3;1H. The molecule has 1 aromatic carbocycles. The van der Waals surface area contributed by atoms with Gasteiger partial charge in [-0.2, -0.15) is 0 Å². The molecule has 0 spiro atoms. The highest BCUT2D eigenvalue weighted by Gasteiger charge is 2.26. The van der Waals surface area contributed by atoms with Crippen molar-refractivity contribution in [3.63, 3.8) is 0 Å². The van der Waals surface area contributed by atoms with Crippen LogP contribution in [0.15, 0.2) is 18.2 Å². The Morgan fingerprint density at radius 3 is 2.67 bits per heavy atom. The third-order valence-electron chi connectivity index (χ3n) is 4.14. The Hall–Kier alpha value is -0.970. The van der Waals surface area contributed by atoms with Gasteiger partial charge in [-0.15, -0.1) is 12.4 Å². The van der Waals surface area contributed by atoms with Gasteiger partial charge in [0.2, 0.25) is 0 Å². The number of methoxy groups -OCH3 is 2. The molecule has 1 fully saturated rings. The first-order valence-electron chi connectivity index (χ1n) is 7.36. The molecular formula is C16H27ClN2O2. The van der Waals surface area contributed by atoms with E-state index in [2.05, 4.69) is 17.9 Å². The zero-order chi connectivity index (χ0) is 14.5.